The van der Waals surface area contributed by atoms with Crippen molar-refractivity contribution in [3.8, 4) is 62.8 Å². The van der Waals surface area contributed by atoms with Crippen LogP contribution in [-0.2, 0) is 0 Å². The molecule has 0 unspecified atom stereocenters. The van der Waals surface area contributed by atoms with Gasteiger partial charge < -0.3 is 18.5 Å². The Kier molecular flexibility index (Phi) is 6.12. The van der Waals surface area contributed by atoms with Crippen molar-refractivity contribution in [1.29, 1.82) is 0 Å². The molecule has 0 atom stereocenters. The van der Waals surface area contributed by atoms with Gasteiger partial charge in [0.2, 0.25) is 0 Å². The first-order chi connectivity index (χ1) is 25.7. The quantitative estimate of drug-likeness (QED) is 0.185. The van der Waals surface area contributed by atoms with Gasteiger partial charge in [-0.3, -0.25) is 0 Å². The van der Waals surface area contributed by atoms with E-state index in [0.717, 1.165) is 66.1 Å². The molecular weight excluding hydrogens is 645 g/mol. The molecule has 0 saturated carbocycles. The van der Waals surface area contributed by atoms with Crippen molar-refractivity contribution in [2.75, 3.05) is 0 Å². The van der Waals surface area contributed by atoms with Crippen molar-refractivity contribution in [1.82, 2.24) is 19.5 Å². The molecule has 4 heterocycles. The molecule has 0 amide bonds. The Bertz CT molecular complexity index is 3040. The molecule has 0 aliphatic carbocycles. The topological polar surface area (TPSA) is 75.2 Å². The molecule has 0 fully saturated rings. The molecule has 7 nitrogen and oxygen atoms in total. The summed E-state index contributed by atoms with van der Waals surface area (Å²) in [6, 6.07) is 52.8. The van der Waals surface area contributed by atoms with Gasteiger partial charge in [0.05, 0.1) is 11.0 Å². The Balaban J connectivity index is 1.11. The lowest BCUT2D eigenvalue weighted by Gasteiger charge is -2.20. The Labute approximate surface area is 297 Å². The molecule has 0 bridgehead atoms. The van der Waals surface area contributed by atoms with Crippen LogP contribution < -0.4 is 9.47 Å². The first kappa shape index (κ1) is 28.6. The number of furan rings is 1. The highest BCUT2D eigenvalue weighted by atomic mass is 16.6. The van der Waals surface area contributed by atoms with Crippen LogP contribution in [0.15, 0.2) is 162 Å². The molecule has 244 valence electrons. The average Bonchev–Trinajstić information content (AvgIpc) is 3.75. The fourth-order valence-electron chi connectivity index (χ4n) is 7.36. The molecule has 7 aromatic carbocycles. The van der Waals surface area contributed by atoms with Gasteiger partial charge in [-0.25, -0.2) is 15.0 Å². The van der Waals surface area contributed by atoms with Gasteiger partial charge in [0.1, 0.15) is 11.2 Å². The van der Waals surface area contributed by atoms with Gasteiger partial charge in [-0.1, -0.05) is 103 Å². The van der Waals surface area contributed by atoms with Gasteiger partial charge in [-0.2, -0.15) is 0 Å². The predicted octanol–water partition coefficient (Wildman–Crippen LogP) is 11.8. The molecule has 7 heteroatoms. The van der Waals surface area contributed by atoms with Gasteiger partial charge in [0, 0.05) is 50.0 Å². The highest BCUT2D eigenvalue weighted by Crippen LogP contribution is 2.48. The average molecular weight is 671 g/mol. The number of rotatable bonds is 4. The zero-order chi connectivity index (χ0) is 34.2. The summed E-state index contributed by atoms with van der Waals surface area (Å²) in [7, 11) is 0. The lowest BCUT2D eigenvalue weighted by atomic mass is 10.1. The van der Waals surface area contributed by atoms with E-state index in [1.807, 2.05) is 84.9 Å². The van der Waals surface area contributed by atoms with Crippen molar-refractivity contribution < 1.29 is 13.9 Å². The Hall–Kier alpha value is -7.25. The monoisotopic (exact) mass is 670 g/mol. The largest absolute Gasteiger partial charge is 0.456 e. The first-order valence-electron chi connectivity index (χ1n) is 17.1. The number of aromatic nitrogens is 4. The van der Waals surface area contributed by atoms with Gasteiger partial charge >= 0.3 is 0 Å². The molecule has 11 rings (SSSR count). The van der Waals surface area contributed by atoms with Crippen LogP contribution in [0.3, 0.4) is 0 Å². The minimum Gasteiger partial charge on any atom is -0.456 e. The van der Waals surface area contributed by atoms with Gasteiger partial charge in [0.25, 0.3) is 0 Å². The maximum absolute atomic E-state index is 6.36. The van der Waals surface area contributed by atoms with E-state index in [1.165, 1.54) is 0 Å². The van der Waals surface area contributed by atoms with Crippen molar-refractivity contribution in [3.05, 3.63) is 158 Å². The zero-order valence-electron chi connectivity index (χ0n) is 27.5. The van der Waals surface area contributed by atoms with Crippen LogP contribution in [0.4, 0.5) is 0 Å². The maximum Gasteiger partial charge on any atom is 0.172 e. The smallest absolute Gasteiger partial charge is 0.172 e. The Morgan fingerprint density at radius 2 is 1.04 bits per heavy atom. The predicted molar refractivity (Wildman–Crippen MR) is 204 cm³/mol. The molecule has 52 heavy (non-hydrogen) atoms. The Morgan fingerprint density at radius 1 is 0.404 bits per heavy atom. The highest BCUT2D eigenvalue weighted by Gasteiger charge is 2.23. The fraction of sp³-hybridized carbons (Fsp3) is 0. The van der Waals surface area contributed by atoms with Gasteiger partial charge in [-0.05, 0) is 48.5 Å². The van der Waals surface area contributed by atoms with E-state index < -0.39 is 0 Å². The minimum absolute atomic E-state index is 0.571. The third kappa shape index (κ3) is 4.43. The molecule has 3 aromatic heterocycles. The second-order valence-corrected chi connectivity index (χ2v) is 12.8. The molecule has 0 N–H and O–H groups in total. The lowest BCUT2D eigenvalue weighted by molar-refractivity contribution is 0.360. The summed E-state index contributed by atoms with van der Waals surface area (Å²) in [4.78, 5) is 15.3. The highest BCUT2D eigenvalue weighted by molar-refractivity contribution is 6.12. The molecule has 0 saturated heterocycles. The summed E-state index contributed by atoms with van der Waals surface area (Å²) >= 11 is 0. The molecule has 0 radical (unpaired) electrons. The summed E-state index contributed by atoms with van der Waals surface area (Å²) in [6.45, 7) is 0. The van der Waals surface area contributed by atoms with Crippen LogP contribution >= 0.6 is 0 Å². The van der Waals surface area contributed by atoms with Crippen LogP contribution in [0, 0.1) is 0 Å². The van der Waals surface area contributed by atoms with Crippen molar-refractivity contribution in [2.45, 2.75) is 0 Å². The first-order valence-corrected chi connectivity index (χ1v) is 17.1. The fourth-order valence-corrected chi connectivity index (χ4v) is 7.36. The second kappa shape index (κ2) is 11.1. The maximum atomic E-state index is 6.36. The van der Waals surface area contributed by atoms with Crippen LogP contribution in [-0.4, -0.2) is 19.5 Å². The van der Waals surface area contributed by atoms with E-state index in [4.69, 9.17) is 28.8 Å². The number of ether oxygens (including phenoxy) is 2. The van der Waals surface area contributed by atoms with E-state index in [1.54, 1.807) is 0 Å². The summed E-state index contributed by atoms with van der Waals surface area (Å²) in [5.74, 6) is 4.50. The van der Waals surface area contributed by atoms with Crippen LogP contribution in [0.2, 0.25) is 0 Å². The molecule has 10 aromatic rings. The van der Waals surface area contributed by atoms with Gasteiger partial charge in [0.15, 0.2) is 40.5 Å². The number of hydrogen-bond acceptors (Lipinski definition) is 6. The minimum atomic E-state index is 0.571. The van der Waals surface area contributed by atoms with E-state index in [2.05, 4.69) is 77.4 Å². The molecular formula is C45H26N4O3. The normalized spacial score (nSPS) is 12.2. The van der Waals surface area contributed by atoms with Crippen LogP contribution in [0.5, 0.6) is 23.0 Å². The Morgan fingerprint density at radius 3 is 1.88 bits per heavy atom. The number of benzene rings is 7. The lowest BCUT2D eigenvalue weighted by Crippen LogP contribution is -2.01. The van der Waals surface area contributed by atoms with E-state index in [9.17, 15) is 0 Å². The van der Waals surface area contributed by atoms with Gasteiger partial charge in [-0.15, -0.1) is 0 Å². The summed E-state index contributed by atoms with van der Waals surface area (Å²) in [6.07, 6.45) is 0. The molecule has 0 spiro atoms. The second-order valence-electron chi connectivity index (χ2n) is 12.8. The summed E-state index contributed by atoms with van der Waals surface area (Å²) < 4.78 is 21.2. The third-order valence-corrected chi connectivity index (χ3v) is 9.70. The zero-order valence-corrected chi connectivity index (χ0v) is 27.5. The number of hydrogen-bond donors (Lipinski definition) is 0. The standard InChI is InChI=1S/C45H26N4O3/c1-2-12-27(13-3-1)43-46-44(48-45(47-43)32-18-11-23-39-42(32)31-17-5-7-20-36(31)50-39)28-14-10-15-29(24-28)49-34-19-6-4-16-30(34)33-25-40-41(26-35(33)49)52-38-22-9-8-21-37(38)51-40/h1-26H. The third-order valence-electron chi connectivity index (χ3n) is 9.70. The summed E-state index contributed by atoms with van der Waals surface area (Å²) in [5.41, 5.74) is 7.29. The van der Waals surface area contributed by atoms with E-state index >= 15 is 0 Å². The van der Waals surface area contributed by atoms with E-state index in [-0.39, 0.29) is 0 Å². The van der Waals surface area contributed by atoms with Crippen LogP contribution in [0.1, 0.15) is 0 Å². The molecule has 1 aliphatic rings. The van der Waals surface area contributed by atoms with Crippen molar-refractivity contribution >= 4 is 43.7 Å². The van der Waals surface area contributed by atoms with Crippen molar-refractivity contribution in [3.63, 3.8) is 0 Å². The number of nitrogens with zero attached hydrogens (tertiary/aromatic N) is 4. The van der Waals surface area contributed by atoms with Crippen molar-refractivity contribution in [2.24, 2.45) is 0 Å². The number of fused-ring (bicyclic) bond motifs is 8. The summed E-state index contributed by atoms with van der Waals surface area (Å²) in [5, 5.41) is 4.18. The SMILES string of the molecule is c1ccc(-c2nc(-c3cccc(-n4c5ccccc5c5cc6c(cc54)Oc4ccccc4O6)c3)nc(-c3cccc4oc5ccccc5c34)n2)cc1. The van der Waals surface area contributed by atoms with E-state index in [0.29, 0.717) is 40.5 Å². The molecule has 1 aliphatic heterocycles. The number of para-hydroxylation sites is 4. The van der Waals surface area contributed by atoms with Crippen LogP contribution in [0.25, 0.3) is 83.6 Å².